The minimum Gasteiger partial charge on any atom is -0.508 e. The van der Waals surface area contributed by atoms with Crippen LogP contribution in [0.25, 0.3) is 0 Å². The molecule has 0 aliphatic heterocycles. The molecule has 0 radical (unpaired) electrons. The number of rotatable bonds is 5. The lowest BCUT2D eigenvalue weighted by atomic mass is 10.0. The molecule has 0 aromatic heterocycles. The monoisotopic (exact) mass is 455 g/mol. The lowest BCUT2D eigenvalue weighted by Crippen LogP contribution is -2.15. The molecule has 0 spiro atoms. The summed E-state index contributed by atoms with van der Waals surface area (Å²) in [7, 11) is 0. The molecule has 5 nitrogen and oxygen atoms in total. The average Bonchev–Trinajstić information content (AvgIpc) is 2.80. The van der Waals surface area contributed by atoms with Gasteiger partial charge in [0.05, 0.1) is 11.4 Å². The van der Waals surface area contributed by atoms with Crippen molar-refractivity contribution in [1.29, 1.82) is 0 Å². The standard InChI is InChI=1S/C29H29NO4/c1-17-9-12-26(33)27(15-17)34-23-8-6-7-22(16-23)30(28-18(2)10-13-24(31)20(28)4)29-19(3)11-14-25(32)21(29)5/h6-16,31-33H,1-5H3. The zero-order valence-electron chi connectivity index (χ0n) is 20.0. The van der Waals surface area contributed by atoms with Crippen LogP contribution < -0.4 is 9.64 Å². The first-order valence-electron chi connectivity index (χ1n) is 11.1. The van der Waals surface area contributed by atoms with Crippen molar-refractivity contribution in [3.63, 3.8) is 0 Å². The van der Waals surface area contributed by atoms with E-state index in [0.29, 0.717) is 11.5 Å². The molecule has 0 fully saturated rings. The Morgan fingerprint density at radius 2 is 1.18 bits per heavy atom. The molecule has 0 unspecified atom stereocenters. The quantitative estimate of drug-likeness (QED) is 0.289. The van der Waals surface area contributed by atoms with Crippen LogP contribution in [0.2, 0.25) is 0 Å². The second kappa shape index (κ2) is 9.02. The van der Waals surface area contributed by atoms with Crippen LogP contribution in [0.1, 0.15) is 27.8 Å². The van der Waals surface area contributed by atoms with Crippen molar-refractivity contribution >= 4 is 17.1 Å². The molecular formula is C29H29NO4. The number of aromatic hydroxyl groups is 3. The Bertz CT molecular complexity index is 1320. The van der Waals surface area contributed by atoms with Crippen molar-refractivity contribution < 1.29 is 20.1 Å². The van der Waals surface area contributed by atoms with Crippen LogP contribution in [0.5, 0.6) is 28.7 Å². The third-order valence-electron chi connectivity index (χ3n) is 6.07. The molecule has 0 heterocycles. The second-order valence-electron chi connectivity index (χ2n) is 8.66. The maximum atomic E-state index is 10.5. The van der Waals surface area contributed by atoms with E-state index in [1.54, 1.807) is 24.3 Å². The highest BCUT2D eigenvalue weighted by Gasteiger charge is 2.23. The van der Waals surface area contributed by atoms with Gasteiger partial charge in [-0.25, -0.2) is 0 Å². The number of phenols is 3. The highest BCUT2D eigenvalue weighted by molar-refractivity contribution is 5.85. The van der Waals surface area contributed by atoms with E-state index in [1.807, 2.05) is 82.0 Å². The molecule has 4 aromatic rings. The lowest BCUT2D eigenvalue weighted by molar-refractivity contribution is 0.411. The average molecular weight is 456 g/mol. The highest BCUT2D eigenvalue weighted by Crippen LogP contribution is 2.46. The van der Waals surface area contributed by atoms with Crippen LogP contribution in [0.3, 0.4) is 0 Å². The van der Waals surface area contributed by atoms with E-state index in [1.165, 1.54) is 0 Å². The van der Waals surface area contributed by atoms with E-state index in [2.05, 4.69) is 0 Å². The Kier molecular flexibility index (Phi) is 6.12. The highest BCUT2D eigenvalue weighted by atomic mass is 16.5. The summed E-state index contributed by atoms with van der Waals surface area (Å²) in [5, 5.41) is 31.3. The Morgan fingerprint density at radius 3 is 1.76 bits per heavy atom. The Labute approximate surface area is 200 Å². The van der Waals surface area contributed by atoms with Gasteiger partial charge in [0, 0.05) is 22.9 Å². The summed E-state index contributed by atoms with van der Waals surface area (Å²) in [5.74, 6) is 1.37. The summed E-state index contributed by atoms with van der Waals surface area (Å²) in [6.07, 6.45) is 0. The minimum absolute atomic E-state index is 0.0622. The van der Waals surface area contributed by atoms with Crippen molar-refractivity contribution in [2.24, 2.45) is 0 Å². The number of phenolic OH excluding ortho intramolecular Hbond substituents is 3. The van der Waals surface area contributed by atoms with E-state index in [0.717, 1.165) is 44.9 Å². The van der Waals surface area contributed by atoms with Crippen molar-refractivity contribution in [3.8, 4) is 28.7 Å². The Morgan fingerprint density at radius 1 is 0.618 bits per heavy atom. The van der Waals surface area contributed by atoms with E-state index in [9.17, 15) is 15.3 Å². The van der Waals surface area contributed by atoms with Gasteiger partial charge < -0.3 is 25.0 Å². The van der Waals surface area contributed by atoms with Gasteiger partial charge in [-0.3, -0.25) is 0 Å². The summed E-state index contributed by atoms with van der Waals surface area (Å²) in [4.78, 5) is 2.04. The van der Waals surface area contributed by atoms with Crippen molar-refractivity contribution in [1.82, 2.24) is 0 Å². The smallest absolute Gasteiger partial charge is 0.169 e. The molecule has 0 aliphatic rings. The second-order valence-corrected chi connectivity index (χ2v) is 8.66. The summed E-state index contributed by atoms with van der Waals surface area (Å²) >= 11 is 0. The number of nitrogens with zero attached hydrogens (tertiary/aromatic N) is 1. The summed E-state index contributed by atoms with van der Waals surface area (Å²) in [6, 6.07) is 19.9. The van der Waals surface area contributed by atoms with Gasteiger partial charge >= 0.3 is 0 Å². The summed E-state index contributed by atoms with van der Waals surface area (Å²) in [5.41, 5.74) is 6.82. The van der Waals surface area contributed by atoms with Crippen LogP contribution >= 0.6 is 0 Å². The van der Waals surface area contributed by atoms with E-state index in [4.69, 9.17) is 4.74 Å². The van der Waals surface area contributed by atoms with Gasteiger partial charge in [0.15, 0.2) is 11.5 Å². The molecule has 34 heavy (non-hydrogen) atoms. The fourth-order valence-electron chi connectivity index (χ4n) is 4.22. The molecule has 5 heteroatoms. The molecule has 4 rings (SSSR count). The van der Waals surface area contributed by atoms with E-state index < -0.39 is 0 Å². The molecule has 0 bridgehead atoms. The molecule has 3 N–H and O–H groups in total. The van der Waals surface area contributed by atoms with Gasteiger partial charge in [-0.05, 0) is 87.7 Å². The largest absolute Gasteiger partial charge is 0.508 e. The molecule has 174 valence electrons. The van der Waals surface area contributed by atoms with E-state index >= 15 is 0 Å². The predicted octanol–water partition coefficient (Wildman–Crippen LogP) is 7.61. The van der Waals surface area contributed by atoms with Gasteiger partial charge in [-0.1, -0.05) is 24.3 Å². The van der Waals surface area contributed by atoms with Gasteiger partial charge in [0.2, 0.25) is 0 Å². The number of hydrogen-bond acceptors (Lipinski definition) is 5. The fourth-order valence-corrected chi connectivity index (χ4v) is 4.22. The number of anilines is 3. The van der Waals surface area contributed by atoms with Crippen LogP contribution in [-0.2, 0) is 0 Å². The zero-order valence-corrected chi connectivity index (χ0v) is 20.0. The van der Waals surface area contributed by atoms with Crippen molar-refractivity contribution in [2.75, 3.05) is 4.90 Å². The first-order chi connectivity index (χ1) is 16.2. The number of aryl methyl sites for hydroxylation is 3. The fraction of sp³-hybridized carbons (Fsp3) is 0.172. The number of benzene rings is 4. The Hall–Kier alpha value is -4.12. The molecule has 4 aromatic carbocycles. The maximum absolute atomic E-state index is 10.5. The van der Waals surface area contributed by atoms with Crippen molar-refractivity contribution in [2.45, 2.75) is 34.6 Å². The summed E-state index contributed by atoms with van der Waals surface area (Å²) in [6.45, 7) is 9.68. The minimum atomic E-state index is 0.0622. The van der Waals surface area contributed by atoms with Crippen molar-refractivity contribution in [3.05, 3.63) is 94.5 Å². The molecular weight excluding hydrogens is 426 g/mol. The maximum Gasteiger partial charge on any atom is 0.169 e. The van der Waals surface area contributed by atoms with Gasteiger partial charge in [0.1, 0.15) is 17.2 Å². The molecule has 0 saturated heterocycles. The first-order valence-corrected chi connectivity index (χ1v) is 11.1. The molecule has 0 aliphatic carbocycles. The SMILES string of the molecule is Cc1ccc(O)c(Oc2cccc(N(c3c(C)ccc(O)c3C)c3c(C)ccc(O)c3C)c2)c1. The van der Waals surface area contributed by atoms with Crippen LogP contribution in [-0.4, -0.2) is 15.3 Å². The Balaban J connectivity index is 1.93. The predicted molar refractivity (Wildman–Crippen MR) is 136 cm³/mol. The van der Waals surface area contributed by atoms with E-state index in [-0.39, 0.29) is 17.2 Å². The normalized spacial score (nSPS) is 10.9. The van der Waals surface area contributed by atoms with Crippen LogP contribution in [0, 0.1) is 34.6 Å². The molecule has 0 amide bonds. The summed E-state index contributed by atoms with van der Waals surface area (Å²) < 4.78 is 6.05. The van der Waals surface area contributed by atoms with Crippen LogP contribution in [0.4, 0.5) is 17.1 Å². The third-order valence-corrected chi connectivity index (χ3v) is 6.07. The topological polar surface area (TPSA) is 73.2 Å². The first kappa shape index (κ1) is 23.1. The zero-order chi connectivity index (χ0) is 24.6. The lowest BCUT2D eigenvalue weighted by Gasteiger charge is -2.32. The molecule has 0 atom stereocenters. The third kappa shape index (κ3) is 4.25. The van der Waals surface area contributed by atoms with Crippen LogP contribution in [0.15, 0.2) is 66.7 Å². The number of hydrogen-bond donors (Lipinski definition) is 3. The van der Waals surface area contributed by atoms with Gasteiger partial charge in [-0.15, -0.1) is 0 Å². The van der Waals surface area contributed by atoms with Gasteiger partial charge in [0.25, 0.3) is 0 Å². The number of ether oxygens (including phenoxy) is 1. The molecule has 0 saturated carbocycles. The van der Waals surface area contributed by atoms with Gasteiger partial charge in [-0.2, -0.15) is 0 Å².